The zero-order valence-electron chi connectivity index (χ0n) is 15.3. The molecular formula is C18H21N5O5. The fraction of sp³-hybridized carbons (Fsp3) is 0.111. The van der Waals surface area contributed by atoms with Crippen molar-refractivity contribution >= 4 is 23.9 Å². The van der Waals surface area contributed by atoms with Gasteiger partial charge in [-0.05, 0) is 24.3 Å². The fourth-order valence-electron chi connectivity index (χ4n) is 1.76. The lowest BCUT2D eigenvalue weighted by Crippen LogP contribution is -2.32. The van der Waals surface area contributed by atoms with Crippen molar-refractivity contribution in [1.29, 1.82) is 5.41 Å². The molecule has 2 aromatic carbocycles. The number of nitrogens with zero attached hydrogens (tertiary/aromatic N) is 2. The number of hydrogen-bond donors (Lipinski definition) is 5. The molecule has 0 unspecified atom stereocenters. The van der Waals surface area contributed by atoms with Crippen molar-refractivity contribution in [3.63, 3.8) is 0 Å². The quantitative estimate of drug-likeness (QED) is 0.225. The van der Waals surface area contributed by atoms with Crippen LogP contribution in [0.15, 0.2) is 53.5 Å². The van der Waals surface area contributed by atoms with Gasteiger partial charge >= 0.3 is 11.9 Å². The van der Waals surface area contributed by atoms with Crippen LogP contribution >= 0.6 is 0 Å². The Morgan fingerprint density at radius 2 is 1.57 bits per heavy atom. The highest BCUT2D eigenvalue weighted by molar-refractivity contribution is 5.96. The number of aromatic carboxylic acids is 1. The molecule has 0 saturated heterocycles. The van der Waals surface area contributed by atoms with E-state index < -0.39 is 11.9 Å². The molecule has 0 saturated carbocycles. The molecule has 0 aromatic heterocycles. The molecule has 2 aromatic rings. The maximum Gasteiger partial charge on any atom is 0.347 e. The third-order valence-corrected chi connectivity index (χ3v) is 3.14. The average molecular weight is 387 g/mol. The first-order valence-corrected chi connectivity index (χ1v) is 7.81. The van der Waals surface area contributed by atoms with Crippen LogP contribution in [0.3, 0.4) is 0 Å². The summed E-state index contributed by atoms with van der Waals surface area (Å²) in [4.78, 5) is 27.8. The molecule has 0 heterocycles. The van der Waals surface area contributed by atoms with E-state index in [9.17, 15) is 14.7 Å². The summed E-state index contributed by atoms with van der Waals surface area (Å²) < 4.78 is 4.99. The zero-order chi connectivity index (χ0) is 21.3. The summed E-state index contributed by atoms with van der Waals surface area (Å²) in [5.41, 5.74) is 10.0. The molecule has 0 fully saturated rings. The smallest absolute Gasteiger partial charge is 0.347 e. The van der Waals surface area contributed by atoms with Gasteiger partial charge in [0.1, 0.15) is 22.6 Å². The monoisotopic (exact) mass is 387 g/mol. The number of carbonyl (C=O) groups is 2. The molecule has 0 aliphatic carbocycles. The van der Waals surface area contributed by atoms with Crippen LogP contribution in [-0.4, -0.2) is 53.1 Å². The third-order valence-electron chi connectivity index (χ3n) is 3.14. The molecule has 0 aliphatic heterocycles. The van der Waals surface area contributed by atoms with Gasteiger partial charge in [0, 0.05) is 14.1 Å². The highest BCUT2D eigenvalue weighted by Gasteiger charge is 2.17. The number of aliphatic imine (C=N–C) groups is 1. The number of nitrogens with one attached hydrogen (secondary N) is 1. The van der Waals surface area contributed by atoms with Crippen molar-refractivity contribution in [2.45, 2.75) is 0 Å². The highest BCUT2D eigenvalue weighted by Crippen LogP contribution is 2.22. The second-order valence-electron chi connectivity index (χ2n) is 5.46. The highest BCUT2D eigenvalue weighted by atomic mass is 16.5. The number of hydrogen-bond acceptors (Lipinski definition) is 5. The number of benzene rings is 2. The Balaban J connectivity index is 0.000000370. The minimum atomic E-state index is -1.19. The van der Waals surface area contributed by atoms with Gasteiger partial charge in [0.2, 0.25) is 5.96 Å². The van der Waals surface area contributed by atoms with Crippen LogP contribution in [0.25, 0.3) is 0 Å². The maximum atomic E-state index is 11.8. The van der Waals surface area contributed by atoms with Gasteiger partial charge in [0.15, 0.2) is 5.96 Å². The van der Waals surface area contributed by atoms with Crippen molar-refractivity contribution in [1.82, 2.24) is 4.90 Å². The average Bonchev–Trinajstić information content (AvgIpc) is 2.62. The van der Waals surface area contributed by atoms with Gasteiger partial charge in [-0.15, -0.1) is 0 Å². The Morgan fingerprint density at radius 3 is 2.04 bits per heavy atom. The molecular weight excluding hydrogens is 366 g/mol. The first-order valence-electron chi connectivity index (χ1n) is 7.81. The SMILES string of the molecule is CN(C)C(N)=NC(=N)N.O=C(Oc1ccccc1C(=O)O)c1ccccc1O. The lowest BCUT2D eigenvalue weighted by Gasteiger charge is -2.08. The van der Waals surface area contributed by atoms with E-state index in [2.05, 4.69) is 4.99 Å². The maximum absolute atomic E-state index is 11.8. The molecule has 0 spiro atoms. The second-order valence-corrected chi connectivity index (χ2v) is 5.46. The lowest BCUT2D eigenvalue weighted by molar-refractivity contribution is 0.0681. The molecule has 28 heavy (non-hydrogen) atoms. The molecule has 0 aliphatic rings. The summed E-state index contributed by atoms with van der Waals surface area (Å²) in [5.74, 6) is -2.33. The Morgan fingerprint density at radius 1 is 1.04 bits per heavy atom. The normalized spacial score (nSPS) is 10.3. The number of aromatic hydroxyl groups is 1. The van der Waals surface area contributed by atoms with Gasteiger partial charge in [0.25, 0.3) is 0 Å². The third kappa shape index (κ3) is 6.67. The molecule has 0 atom stereocenters. The van der Waals surface area contributed by atoms with Crippen molar-refractivity contribution in [2.75, 3.05) is 14.1 Å². The Labute approximate surface area is 161 Å². The van der Waals surface area contributed by atoms with E-state index in [4.69, 9.17) is 26.7 Å². The number of carboxylic acids is 1. The first-order chi connectivity index (χ1) is 13.1. The number of ether oxygens (including phenoxy) is 1. The fourth-order valence-corrected chi connectivity index (χ4v) is 1.76. The van der Waals surface area contributed by atoms with Crippen LogP contribution < -0.4 is 16.2 Å². The van der Waals surface area contributed by atoms with Gasteiger partial charge < -0.3 is 31.3 Å². The Hall–Kier alpha value is -4.08. The topological polar surface area (TPSA) is 175 Å². The number of carboxylic acid groups (broad SMARTS) is 1. The molecule has 10 nitrogen and oxygen atoms in total. The molecule has 0 radical (unpaired) electrons. The second kappa shape index (κ2) is 10.2. The van der Waals surface area contributed by atoms with E-state index in [-0.39, 0.29) is 34.5 Å². The van der Waals surface area contributed by atoms with Crippen LogP contribution in [0, 0.1) is 5.41 Å². The van der Waals surface area contributed by atoms with Crippen molar-refractivity contribution in [3.05, 3.63) is 59.7 Å². The summed E-state index contributed by atoms with van der Waals surface area (Å²) >= 11 is 0. The number of phenolic OH excluding ortho intramolecular Hbond substituents is 1. The summed E-state index contributed by atoms with van der Waals surface area (Å²) in [5, 5.41) is 25.2. The minimum Gasteiger partial charge on any atom is -0.507 e. The summed E-state index contributed by atoms with van der Waals surface area (Å²) in [6, 6.07) is 11.7. The van der Waals surface area contributed by atoms with E-state index in [1.807, 2.05) is 0 Å². The van der Waals surface area contributed by atoms with E-state index in [0.717, 1.165) is 0 Å². The first kappa shape index (κ1) is 22.0. The number of esters is 1. The van der Waals surface area contributed by atoms with E-state index in [0.29, 0.717) is 0 Å². The summed E-state index contributed by atoms with van der Waals surface area (Å²) in [7, 11) is 3.45. The number of para-hydroxylation sites is 2. The number of guanidine groups is 2. The Bertz CT molecular complexity index is 895. The largest absolute Gasteiger partial charge is 0.507 e. The lowest BCUT2D eigenvalue weighted by atomic mass is 10.2. The summed E-state index contributed by atoms with van der Waals surface area (Å²) in [6.45, 7) is 0. The van der Waals surface area contributed by atoms with Gasteiger partial charge in [-0.2, -0.15) is 4.99 Å². The summed E-state index contributed by atoms with van der Waals surface area (Å²) in [6.07, 6.45) is 0. The number of rotatable bonds is 3. The predicted molar refractivity (Wildman–Crippen MR) is 104 cm³/mol. The van der Waals surface area contributed by atoms with Crippen LogP contribution in [-0.2, 0) is 0 Å². The van der Waals surface area contributed by atoms with Crippen LogP contribution in [0.4, 0.5) is 0 Å². The molecule has 7 N–H and O–H groups in total. The van der Waals surface area contributed by atoms with E-state index in [1.165, 1.54) is 30.3 Å². The molecule has 0 bridgehead atoms. The van der Waals surface area contributed by atoms with Crippen LogP contribution in [0.2, 0.25) is 0 Å². The molecule has 2 rings (SSSR count). The van der Waals surface area contributed by atoms with Gasteiger partial charge in [-0.3, -0.25) is 5.41 Å². The zero-order valence-corrected chi connectivity index (χ0v) is 15.3. The van der Waals surface area contributed by atoms with Gasteiger partial charge in [-0.1, -0.05) is 24.3 Å². The van der Waals surface area contributed by atoms with Crippen LogP contribution in [0.5, 0.6) is 11.5 Å². The molecule has 0 amide bonds. The Kier molecular flexibility index (Phi) is 7.97. The van der Waals surface area contributed by atoms with Gasteiger partial charge in [0.05, 0.1) is 0 Å². The van der Waals surface area contributed by atoms with Crippen LogP contribution in [0.1, 0.15) is 20.7 Å². The van der Waals surface area contributed by atoms with Crippen molar-refractivity contribution in [3.8, 4) is 11.5 Å². The number of carbonyl (C=O) groups excluding carboxylic acids is 1. The molecule has 148 valence electrons. The van der Waals surface area contributed by atoms with Crippen molar-refractivity contribution < 1.29 is 24.5 Å². The number of phenols is 1. The van der Waals surface area contributed by atoms with Crippen molar-refractivity contribution in [2.24, 2.45) is 16.5 Å². The number of nitrogens with two attached hydrogens (primary N) is 2. The standard InChI is InChI=1S/C14H10O5.C4H11N5/c15-11-7-3-1-5-9(11)14(18)19-12-8-4-2-6-10(12)13(16)17;1-9(2)4(7)8-3(5)6/h1-8,15H,(H,16,17);1-2H3,(H5,5,6,7,8). The van der Waals surface area contributed by atoms with E-state index >= 15 is 0 Å². The predicted octanol–water partition coefficient (Wildman–Crippen LogP) is 1.07. The van der Waals surface area contributed by atoms with E-state index in [1.54, 1.807) is 37.2 Å². The van der Waals surface area contributed by atoms with Gasteiger partial charge in [-0.25, -0.2) is 9.59 Å². The molecule has 10 heteroatoms. The minimum absolute atomic E-state index is 0.0253.